The molecule has 0 saturated carbocycles. The van der Waals surface area contributed by atoms with E-state index in [0.29, 0.717) is 5.56 Å². The van der Waals surface area contributed by atoms with Crippen LogP contribution in [0.3, 0.4) is 0 Å². The Kier molecular flexibility index (Phi) is 11.2. The standard InChI is InChI=1S/C20H26N2O10/c1-29-15(24)9-13(18(26)30-2)16(19(27)31-3)22-17(25)14(10-23)21-20(28)32-11-12-7-5-4-6-8-12/h4-8,13-14,16,23H,9-11H2,1-3H3,(H,21,28)(H,22,25)/t13-,14-,16+/m0/s1. The van der Waals surface area contributed by atoms with Crippen LogP contribution in [0, 0.1) is 5.92 Å². The zero-order valence-corrected chi connectivity index (χ0v) is 17.9. The number of nitrogens with one attached hydrogen (secondary N) is 2. The molecule has 0 heterocycles. The Balaban J connectivity index is 2.88. The van der Waals surface area contributed by atoms with Crippen LogP contribution in [0.25, 0.3) is 0 Å². The monoisotopic (exact) mass is 454 g/mol. The van der Waals surface area contributed by atoms with Crippen LogP contribution < -0.4 is 10.6 Å². The Hall–Kier alpha value is -3.67. The summed E-state index contributed by atoms with van der Waals surface area (Å²) in [5.74, 6) is -5.39. The van der Waals surface area contributed by atoms with E-state index in [1.165, 1.54) is 0 Å². The summed E-state index contributed by atoms with van der Waals surface area (Å²) in [5, 5.41) is 13.8. The fraction of sp³-hybridized carbons (Fsp3) is 0.450. The molecule has 0 unspecified atom stereocenters. The summed E-state index contributed by atoms with van der Waals surface area (Å²) in [7, 11) is 3.12. The van der Waals surface area contributed by atoms with Crippen molar-refractivity contribution >= 4 is 29.9 Å². The predicted octanol–water partition coefficient (Wildman–Crippen LogP) is -0.716. The molecule has 0 bridgehead atoms. The van der Waals surface area contributed by atoms with E-state index in [-0.39, 0.29) is 6.61 Å². The average Bonchev–Trinajstić information content (AvgIpc) is 2.82. The van der Waals surface area contributed by atoms with Crippen LogP contribution in [0.5, 0.6) is 0 Å². The molecule has 0 aliphatic rings. The molecule has 1 aromatic carbocycles. The van der Waals surface area contributed by atoms with Gasteiger partial charge in [0.05, 0.1) is 40.3 Å². The molecular weight excluding hydrogens is 428 g/mol. The maximum Gasteiger partial charge on any atom is 0.408 e. The third-order valence-corrected chi connectivity index (χ3v) is 4.28. The van der Waals surface area contributed by atoms with Crippen molar-refractivity contribution in [2.45, 2.75) is 25.1 Å². The van der Waals surface area contributed by atoms with Gasteiger partial charge in [-0.2, -0.15) is 0 Å². The fourth-order valence-corrected chi connectivity index (χ4v) is 2.56. The SMILES string of the molecule is COC(=O)C[C@H](C(=O)OC)[C@@H](NC(=O)[C@H](CO)NC(=O)OCc1ccccc1)C(=O)OC. The number of benzene rings is 1. The number of hydrogen-bond acceptors (Lipinski definition) is 10. The first-order valence-corrected chi connectivity index (χ1v) is 9.38. The largest absolute Gasteiger partial charge is 0.469 e. The van der Waals surface area contributed by atoms with Gasteiger partial charge in [0.2, 0.25) is 5.91 Å². The third-order valence-electron chi connectivity index (χ3n) is 4.28. The van der Waals surface area contributed by atoms with Crippen molar-refractivity contribution in [1.29, 1.82) is 0 Å². The minimum Gasteiger partial charge on any atom is -0.469 e. The van der Waals surface area contributed by atoms with E-state index < -0.39 is 60.9 Å². The van der Waals surface area contributed by atoms with E-state index >= 15 is 0 Å². The highest BCUT2D eigenvalue weighted by atomic mass is 16.6. The summed E-state index contributed by atoms with van der Waals surface area (Å²) in [6, 6.07) is 5.54. The molecular formula is C20H26N2O10. The maximum absolute atomic E-state index is 12.6. The maximum atomic E-state index is 12.6. The van der Waals surface area contributed by atoms with E-state index in [2.05, 4.69) is 24.8 Å². The molecule has 0 fully saturated rings. The molecule has 3 atom stereocenters. The molecule has 0 radical (unpaired) electrons. The summed E-state index contributed by atoms with van der Waals surface area (Å²) < 4.78 is 18.7. The predicted molar refractivity (Wildman–Crippen MR) is 107 cm³/mol. The van der Waals surface area contributed by atoms with Crippen molar-refractivity contribution in [3.8, 4) is 0 Å². The number of methoxy groups -OCH3 is 3. The number of amides is 2. The van der Waals surface area contributed by atoms with E-state index in [4.69, 9.17) is 4.74 Å². The molecule has 12 heteroatoms. The normalized spacial score (nSPS) is 13.0. The highest BCUT2D eigenvalue weighted by Crippen LogP contribution is 2.15. The molecule has 3 N–H and O–H groups in total. The fourth-order valence-electron chi connectivity index (χ4n) is 2.56. The van der Waals surface area contributed by atoms with Crippen molar-refractivity contribution < 1.29 is 48.0 Å². The van der Waals surface area contributed by atoms with Crippen LogP contribution in [0.2, 0.25) is 0 Å². The van der Waals surface area contributed by atoms with Crippen molar-refractivity contribution in [3.05, 3.63) is 35.9 Å². The summed E-state index contributed by atoms with van der Waals surface area (Å²) in [4.78, 5) is 60.5. The lowest BCUT2D eigenvalue weighted by Crippen LogP contribution is -2.56. The molecule has 1 rings (SSSR count). The zero-order chi connectivity index (χ0) is 24.1. The van der Waals surface area contributed by atoms with Gasteiger partial charge in [-0.15, -0.1) is 0 Å². The quantitative estimate of drug-likeness (QED) is 0.287. The highest BCUT2D eigenvalue weighted by molar-refractivity contribution is 5.93. The van der Waals surface area contributed by atoms with Crippen molar-refractivity contribution in [1.82, 2.24) is 10.6 Å². The minimum atomic E-state index is -1.66. The number of ether oxygens (including phenoxy) is 4. The zero-order valence-electron chi connectivity index (χ0n) is 17.9. The molecule has 0 spiro atoms. The molecule has 0 saturated heterocycles. The van der Waals surface area contributed by atoms with E-state index in [9.17, 15) is 29.1 Å². The van der Waals surface area contributed by atoms with E-state index in [0.717, 1.165) is 21.3 Å². The van der Waals surface area contributed by atoms with Crippen LogP contribution in [-0.2, 0) is 44.7 Å². The molecule has 2 amide bonds. The lowest BCUT2D eigenvalue weighted by atomic mass is 9.95. The van der Waals surface area contributed by atoms with Crippen LogP contribution in [0.15, 0.2) is 30.3 Å². The highest BCUT2D eigenvalue weighted by Gasteiger charge is 2.39. The van der Waals surface area contributed by atoms with Gasteiger partial charge >= 0.3 is 24.0 Å². The Bertz CT molecular complexity index is 799. The number of esters is 3. The number of carbonyl (C=O) groups excluding carboxylic acids is 5. The molecule has 32 heavy (non-hydrogen) atoms. The summed E-state index contributed by atoms with van der Waals surface area (Å²) in [6.07, 6.45) is -1.60. The number of alkyl carbamates (subject to hydrolysis) is 1. The molecule has 1 aromatic rings. The first kappa shape index (κ1) is 26.4. The second-order valence-corrected chi connectivity index (χ2v) is 6.36. The van der Waals surface area contributed by atoms with Gasteiger partial charge in [-0.1, -0.05) is 30.3 Å². The van der Waals surface area contributed by atoms with Gasteiger partial charge in [0.1, 0.15) is 18.7 Å². The van der Waals surface area contributed by atoms with Gasteiger partial charge in [0.25, 0.3) is 0 Å². The Morgan fingerprint density at radius 1 is 0.906 bits per heavy atom. The molecule has 176 valence electrons. The number of rotatable bonds is 11. The molecule has 0 aromatic heterocycles. The Labute approximate surface area is 184 Å². The van der Waals surface area contributed by atoms with Crippen molar-refractivity contribution in [3.63, 3.8) is 0 Å². The van der Waals surface area contributed by atoms with Crippen LogP contribution in [0.4, 0.5) is 4.79 Å². The lowest BCUT2D eigenvalue weighted by molar-refractivity contribution is -0.159. The van der Waals surface area contributed by atoms with Gasteiger partial charge in [-0.25, -0.2) is 9.59 Å². The van der Waals surface area contributed by atoms with Crippen LogP contribution in [-0.4, -0.2) is 75.0 Å². The summed E-state index contributed by atoms with van der Waals surface area (Å²) in [5.41, 5.74) is 0.696. The Morgan fingerprint density at radius 3 is 2.06 bits per heavy atom. The first-order valence-electron chi connectivity index (χ1n) is 9.38. The van der Waals surface area contributed by atoms with Crippen molar-refractivity contribution in [2.75, 3.05) is 27.9 Å². The third kappa shape index (κ3) is 8.22. The number of carbonyl (C=O) groups is 5. The molecule has 0 aliphatic heterocycles. The number of hydrogen-bond donors (Lipinski definition) is 3. The second kappa shape index (κ2) is 13.6. The van der Waals surface area contributed by atoms with Gasteiger partial charge in [0, 0.05) is 0 Å². The number of aliphatic hydroxyl groups is 1. The van der Waals surface area contributed by atoms with Gasteiger partial charge < -0.3 is 34.7 Å². The van der Waals surface area contributed by atoms with Gasteiger partial charge in [-0.3, -0.25) is 14.4 Å². The molecule has 0 aliphatic carbocycles. The topological polar surface area (TPSA) is 167 Å². The van der Waals surface area contributed by atoms with Gasteiger partial charge in [-0.05, 0) is 5.56 Å². The van der Waals surface area contributed by atoms with E-state index in [1.807, 2.05) is 0 Å². The second-order valence-electron chi connectivity index (χ2n) is 6.36. The lowest BCUT2D eigenvalue weighted by Gasteiger charge is -2.25. The van der Waals surface area contributed by atoms with Crippen LogP contribution in [0.1, 0.15) is 12.0 Å². The average molecular weight is 454 g/mol. The Morgan fingerprint density at radius 2 is 1.53 bits per heavy atom. The summed E-state index contributed by atoms with van der Waals surface area (Å²) >= 11 is 0. The number of aliphatic hydroxyl groups excluding tert-OH is 1. The van der Waals surface area contributed by atoms with Gasteiger partial charge in [0.15, 0.2) is 0 Å². The smallest absolute Gasteiger partial charge is 0.408 e. The van der Waals surface area contributed by atoms with Crippen LogP contribution >= 0.6 is 0 Å². The first-order chi connectivity index (χ1) is 15.3. The molecule has 12 nitrogen and oxygen atoms in total. The minimum absolute atomic E-state index is 0.0826. The van der Waals surface area contributed by atoms with Crippen molar-refractivity contribution in [2.24, 2.45) is 5.92 Å². The van der Waals surface area contributed by atoms with E-state index in [1.54, 1.807) is 30.3 Å². The summed E-state index contributed by atoms with van der Waals surface area (Å²) in [6.45, 7) is -0.930.